The predicted molar refractivity (Wildman–Crippen MR) is 108 cm³/mol. The van der Waals surface area contributed by atoms with Gasteiger partial charge in [0.05, 0.1) is 16.3 Å². The zero-order valence-corrected chi connectivity index (χ0v) is 16.3. The number of isothiocyanates is 1. The van der Waals surface area contributed by atoms with Crippen molar-refractivity contribution in [2.24, 2.45) is 4.99 Å². The maximum Gasteiger partial charge on any atom is 0.153 e. The van der Waals surface area contributed by atoms with E-state index in [4.69, 9.17) is 0 Å². The summed E-state index contributed by atoms with van der Waals surface area (Å²) in [5.74, 6) is 0.0433. The lowest BCUT2D eigenvalue weighted by atomic mass is 10.0. The van der Waals surface area contributed by atoms with Crippen molar-refractivity contribution in [2.45, 2.75) is 13.3 Å². The van der Waals surface area contributed by atoms with E-state index < -0.39 is 40.3 Å². The highest BCUT2D eigenvalue weighted by atomic mass is 32.1. The fourth-order valence-electron chi connectivity index (χ4n) is 2.80. The number of thiocarbonyl (C=S) groups is 1. The molecule has 0 aliphatic heterocycles. The van der Waals surface area contributed by atoms with Crippen LogP contribution >= 0.6 is 12.2 Å². The van der Waals surface area contributed by atoms with E-state index in [-0.39, 0.29) is 16.7 Å². The van der Waals surface area contributed by atoms with Crippen LogP contribution in [0.25, 0.3) is 11.1 Å². The third kappa shape index (κ3) is 4.46. The van der Waals surface area contributed by atoms with Crippen molar-refractivity contribution in [3.8, 4) is 23.0 Å². The number of aryl methyl sites for hydroxylation is 1. The van der Waals surface area contributed by atoms with Crippen molar-refractivity contribution in [2.75, 3.05) is 0 Å². The number of aliphatic imine (C=N–C) groups is 1. The standard InChI is InChI=1S/C23H12F5NS/c1-2-13-3-5-15(17(24)7-13)6-4-14-8-18(25)22(19(26)9-14)16-10-20(27)23(29-12-30)21(28)11-16/h3,5,7-11H,2H2,1H3. The minimum atomic E-state index is -1.14. The first-order valence-electron chi connectivity index (χ1n) is 8.70. The molecule has 0 aromatic heterocycles. The summed E-state index contributed by atoms with van der Waals surface area (Å²) >= 11 is 4.31. The van der Waals surface area contributed by atoms with Crippen LogP contribution in [-0.4, -0.2) is 5.16 Å². The molecule has 0 fully saturated rings. The second kappa shape index (κ2) is 9.00. The summed E-state index contributed by atoms with van der Waals surface area (Å²) in [6.07, 6.45) is 0.655. The second-order valence-corrected chi connectivity index (χ2v) is 6.41. The third-order valence-corrected chi connectivity index (χ3v) is 4.38. The van der Waals surface area contributed by atoms with E-state index in [0.29, 0.717) is 6.42 Å². The molecule has 0 unspecified atom stereocenters. The third-order valence-electron chi connectivity index (χ3n) is 4.29. The van der Waals surface area contributed by atoms with E-state index in [1.54, 1.807) is 6.07 Å². The first kappa shape index (κ1) is 21.4. The van der Waals surface area contributed by atoms with Crippen molar-refractivity contribution in [1.82, 2.24) is 0 Å². The molecular weight excluding hydrogens is 417 g/mol. The highest BCUT2D eigenvalue weighted by molar-refractivity contribution is 7.78. The van der Waals surface area contributed by atoms with Crippen LogP contribution in [0.15, 0.2) is 47.5 Å². The molecule has 0 atom stereocenters. The van der Waals surface area contributed by atoms with Gasteiger partial charge in [0.2, 0.25) is 0 Å². The first-order valence-corrected chi connectivity index (χ1v) is 9.11. The van der Waals surface area contributed by atoms with E-state index in [1.165, 1.54) is 12.1 Å². The predicted octanol–water partition coefficient (Wildman–Crippen LogP) is 6.75. The highest BCUT2D eigenvalue weighted by Crippen LogP contribution is 2.32. The molecule has 0 bridgehead atoms. The Morgan fingerprint density at radius 1 is 0.800 bits per heavy atom. The Hall–Kier alpha value is -3.33. The summed E-state index contributed by atoms with van der Waals surface area (Å²) in [5, 5.41) is 1.83. The van der Waals surface area contributed by atoms with E-state index >= 15 is 0 Å². The molecule has 150 valence electrons. The molecule has 0 spiro atoms. The SMILES string of the molecule is CCc1ccc(C#Cc2cc(F)c(-c3cc(F)c(N=C=S)c(F)c3)c(F)c2)c(F)c1. The van der Waals surface area contributed by atoms with Gasteiger partial charge in [0, 0.05) is 5.56 Å². The summed E-state index contributed by atoms with van der Waals surface area (Å²) in [4.78, 5) is 3.25. The molecule has 0 radical (unpaired) electrons. The largest absolute Gasteiger partial charge is 0.206 e. The van der Waals surface area contributed by atoms with Crippen LogP contribution < -0.4 is 0 Å². The Balaban J connectivity index is 2.01. The van der Waals surface area contributed by atoms with Gasteiger partial charge in [-0.2, -0.15) is 4.99 Å². The Kier molecular flexibility index (Phi) is 6.41. The number of nitrogens with zero attached hydrogens (tertiary/aromatic N) is 1. The molecule has 0 amide bonds. The minimum absolute atomic E-state index is 0.0596. The molecule has 30 heavy (non-hydrogen) atoms. The summed E-state index contributed by atoms with van der Waals surface area (Å²) in [6, 6.07) is 7.83. The monoisotopic (exact) mass is 429 g/mol. The Bertz CT molecular complexity index is 1200. The number of rotatable bonds is 3. The van der Waals surface area contributed by atoms with E-state index in [9.17, 15) is 22.0 Å². The van der Waals surface area contributed by atoms with Crippen molar-refractivity contribution in [1.29, 1.82) is 0 Å². The molecular formula is C23H12F5NS. The number of benzene rings is 3. The van der Waals surface area contributed by atoms with Crippen LogP contribution in [-0.2, 0) is 6.42 Å². The molecule has 3 rings (SSSR count). The fourth-order valence-corrected chi connectivity index (χ4v) is 2.89. The normalized spacial score (nSPS) is 10.2. The summed E-state index contributed by atoms with van der Waals surface area (Å²) in [5.41, 5.74) is -0.875. The van der Waals surface area contributed by atoms with Gasteiger partial charge in [-0.3, -0.25) is 0 Å². The van der Waals surface area contributed by atoms with Crippen LogP contribution in [0.2, 0.25) is 0 Å². The van der Waals surface area contributed by atoms with Crippen molar-refractivity contribution in [3.05, 3.63) is 88.2 Å². The van der Waals surface area contributed by atoms with Gasteiger partial charge in [-0.25, -0.2) is 22.0 Å². The van der Waals surface area contributed by atoms with E-state index in [2.05, 4.69) is 29.1 Å². The average molecular weight is 429 g/mol. The van der Waals surface area contributed by atoms with Crippen molar-refractivity contribution in [3.63, 3.8) is 0 Å². The van der Waals surface area contributed by atoms with Crippen LogP contribution in [0.3, 0.4) is 0 Å². The zero-order chi connectivity index (χ0) is 21.8. The van der Waals surface area contributed by atoms with Gasteiger partial charge in [0.15, 0.2) is 11.6 Å². The molecule has 0 saturated carbocycles. The molecule has 0 N–H and O–H groups in total. The van der Waals surface area contributed by atoms with Crippen LogP contribution in [0, 0.1) is 40.9 Å². The van der Waals surface area contributed by atoms with Gasteiger partial charge < -0.3 is 0 Å². The molecule has 0 heterocycles. The van der Waals surface area contributed by atoms with Gasteiger partial charge in [0.25, 0.3) is 0 Å². The van der Waals surface area contributed by atoms with E-state index in [1.807, 2.05) is 12.1 Å². The Morgan fingerprint density at radius 3 is 1.97 bits per heavy atom. The maximum atomic E-state index is 14.5. The lowest BCUT2D eigenvalue weighted by Crippen LogP contribution is -1.95. The molecule has 0 saturated heterocycles. The van der Waals surface area contributed by atoms with Crippen molar-refractivity contribution >= 4 is 23.1 Å². The molecule has 3 aromatic rings. The minimum Gasteiger partial charge on any atom is -0.206 e. The maximum absolute atomic E-state index is 14.5. The quantitative estimate of drug-likeness (QED) is 0.194. The molecule has 1 nitrogen and oxygen atoms in total. The van der Waals surface area contributed by atoms with Crippen LogP contribution in [0.4, 0.5) is 27.6 Å². The summed E-state index contributed by atoms with van der Waals surface area (Å²) in [6.45, 7) is 1.88. The second-order valence-electron chi connectivity index (χ2n) is 6.22. The van der Waals surface area contributed by atoms with Gasteiger partial charge in [-0.05, 0) is 66.2 Å². The lowest BCUT2D eigenvalue weighted by Gasteiger charge is -2.08. The van der Waals surface area contributed by atoms with Gasteiger partial charge in [-0.1, -0.05) is 24.8 Å². The zero-order valence-electron chi connectivity index (χ0n) is 15.5. The summed E-state index contributed by atoms with van der Waals surface area (Å²) < 4.78 is 71.1. The van der Waals surface area contributed by atoms with Crippen molar-refractivity contribution < 1.29 is 22.0 Å². The topological polar surface area (TPSA) is 12.4 Å². The van der Waals surface area contributed by atoms with Gasteiger partial charge in [-0.15, -0.1) is 0 Å². The number of hydrogen-bond donors (Lipinski definition) is 0. The highest BCUT2D eigenvalue weighted by Gasteiger charge is 2.18. The average Bonchev–Trinajstić information content (AvgIpc) is 2.69. The molecule has 3 aromatic carbocycles. The smallest absolute Gasteiger partial charge is 0.153 e. The van der Waals surface area contributed by atoms with Gasteiger partial charge >= 0.3 is 0 Å². The number of halogens is 5. The Morgan fingerprint density at radius 2 is 1.43 bits per heavy atom. The molecule has 7 heteroatoms. The lowest BCUT2D eigenvalue weighted by molar-refractivity contribution is 0.580. The molecule has 0 aliphatic rings. The summed E-state index contributed by atoms with van der Waals surface area (Å²) in [7, 11) is 0. The Labute approximate surface area is 174 Å². The number of hydrogen-bond acceptors (Lipinski definition) is 2. The first-order chi connectivity index (χ1) is 14.3. The van der Waals surface area contributed by atoms with Crippen LogP contribution in [0.1, 0.15) is 23.6 Å². The van der Waals surface area contributed by atoms with E-state index in [0.717, 1.165) is 29.8 Å². The fraction of sp³-hybridized carbons (Fsp3) is 0.0870. The van der Waals surface area contributed by atoms with Crippen LogP contribution in [0.5, 0.6) is 0 Å². The molecule has 0 aliphatic carbocycles. The van der Waals surface area contributed by atoms with Gasteiger partial charge in [0.1, 0.15) is 23.1 Å².